The number of hydrogen-bond donors (Lipinski definition) is 2. The molecule has 5 nitrogen and oxygen atoms in total. The second kappa shape index (κ2) is 8.54. The first-order valence-electron chi connectivity index (χ1n) is 6.66. The number of benzene rings is 1. The summed E-state index contributed by atoms with van der Waals surface area (Å²) >= 11 is 0. The van der Waals surface area contributed by atoms with Crippen LogP contribution in [-0.4, -0.2) is 23.0 Å². The van der Waals surface area contributed by atoms with Crippen LogP contribution < -0.4 is 5.32 Å². The number of rotatable bonds is 8. The van der Waals surface area contributed by atoms with Crippen molar-refractivity contribution in [2.45, 2.75) is 31.7 Å². The lowest BCUT2D eigenvalue weighted by Crippen LogP contribution is -2.37. The molecule has 0 heterocycles. The average Bonchev–Trinajstić information content (AvgIpc) is 2.45. The maximum atomic E-state index is 11.7. The Morgan fingerprint density at radius 1 is 1.38 bits per heavy atom. The molecule has 110 valence electrons. The van der Waals surface area contributed by atoms with Crippen LogP contribution in [0.15, 0.2) is 36.9 Å². The first-order chi connectivity index (χ1) is 10.0. The van der Waals surface area contributed by atoms with Gasteiger partial charge in [0.2, 0.25) is 5.91 Å². The summed E-state index contributed by atoms with van der Waals surface area (Å²) in [5.74, 6) is -1.15. The van der Waals surface area contributed by atoms with Crippen LogP contribution in [0.5, 0.6) is 0 Å². The zero-order chi connectivity index (χ0) is 15.7. The van der Waals surface area contributed by atoms with Crippen molar-refractivity contribution < 1.29 is 14.7 Å². The van der Waals surface area contributed by atoms with E-state index in [1.165, 1.54) is 0 Å². The molecule has 0 bridgehead atoms. The van der Waals surface area contributed by atoms with E-state index in [9.17, 15) is 9.59 Å². The van der Waals surface area contributed by atoms with Gasteiger partial charge in [-0.05, 0) is 30.5 Å². The van der Waals surface area contributed by atoms with Gasteiger partial charge in [0, 0.05) is 12.5 Å². The molecule has 1 aromatic carbocycles. The highest BCUT2D eigenvalue weighted by atomic mass is 16.4. The van der Waals surface area contributed by atoms with Gasteiger partial charge >= 0.3 is 5.97 Å². The van der Waals surface area contributed by atoms with E-state index in [0.29, 0.717) is 24.8 Å². The largest absolute Gasteiger partial charge is 0.481 e. The molecule has 0 fully saturated rings. The van der Waals surface area contributed by atoms with Crippen LogP contribution in [0, 0.1) is 11.3 Å². The number of carboxylic acids is 1. The molecule has 5 heteroatoms. The minimum atomic E-state index is -0.960. The van der Waals surface area contributed by atoms with Crippen LogP contribution in [0.2, 0.25) is 0 Å². The Morgan fingerprint density at radius 2 is 2.05 bits per heavy atom. The summed E-state index contributed by atoms with van der Waals surface area (Å²) < 4.78 is 0. The fraction of sp³-hybridized carbons (Fsp3) is 0.312. The summed E-state index contributed by atoms with van der Waals surface area (Å²) in [7, 11) is 0. The molecule has 0 aliphatic carbocycles. The van der Waals surface area contributed by atoms with Crippen molar-refractivity contribution in [3.63, 3.8) is 0 Å². The van der Waals surface area contributed by atoms with Crippen LogP contribution in [0.25, 0.3) is 0 Å². The van der Waals surface area contributed by atoms with E-state index in [4.69, 9.17) is 10.4 Å². The molecule has 0 saturated carbocycles. The first-order valence-corrected chi connectivity index (χ1v) is 6.66. The normalized spacial score (nSPS) is 11.2. The fourth-order valence-electron chi connectivity index (χ4n) is 1.92. The van der Waals surface area contributed by atoms with E-state index >= 15 is 0 Å². The number of nitriles is 1. The van der Waals surface area contributed by atoms with Crippen molar-refractivity contribution in [1.82, 2.24) is 5.32 Å². The number of carboxylic acid groups (broad SMARTS) is 1. The fourth-order valence-corrected chi connectivity index (χ4v) is 1.92. The molecule has 0 radical (unpaired) electrons. The Morgan fingerprint density at radius 3 is 2.57 bits per heavy atom. The van der Waals surface area contributed by atoms with E-state index in [-0.39, 0.29) is 12.3 Å². The number of amides is 1. The lowest BCUT2D eigenvalue weighted by atomic mass is 10.0. The number of hydrogen-bond acceptors (Lipinski definition) is 3. The van der Waals surface area contributed by atoms with Gasteiger partial charge in [-0.3, -0.25) is 9.59 Å². The van der Waals surface area contributed by atoms with Gasteiger partial charge in [-0.15, -0.1) is 6.58 Å². The highest BCUT2D eigenvalue weighted by molar-refractivity contribution is 5.77. The van der Waals surface area contributed by atoms with E-state index in [1.807, 2.05) is 6.07 Å². The van der Waals surface area contributed by atoms with E-state index in [2.05, 4.69) is 11.9 Å². The Bertz CT molecular complexity index is 544. The van der Waals surface area contributed by atoms with Crippen LogP contribution >= 0.6 is 0 Å². The number of allylic oxidation sites excluding steroid dienone is 1. The maximum Gasteiger partial charge on any atom is 0.305 e. The van der Waals surface area contributed by atoms with Gasteiger partial charge in [-0.1, -0.05) is 18.2 Å². The number of carbonyl (C=O) groups is 2. The molecule has 21 heavy (non-hydrogen) atoms. The van der Waals surface area contributed by atoms with E-state index in [1.54, 1.807) is 30.3 Å². The summed E-state index contributed by atoms with van der Waals surface area (Å²) in [6, 6.07) is 8.44. The minimum absolute atomic E-state index is 0.139. The summed E-state index contributed by atoms with van der Waals surface area (Å²) in [5.41, 5.74) is 1.42. The van der Waals surface area contributed by atoms with Crippen LogP contribution in [-0.2, 0) is 16.0 Å². The van der Waals surface area contributed by atoms with Crippen molar-refractivity contribution in [3.05, 3.63) is 48.0 Å². The topological polar surface area (TPSA) is 90.2 Å². The molecule has 0 aliphatic heterocycles. The molecule has 0 aromatic heterocycles. The van der Waals surface area contributed by atoms with Gasteiger partial charge < -0.3 is 10.4 Å². The molecule has 0 unspecified atom stereocenters. The van der Waals surface area contributed by atoms with Gasteiger partial charge in [0.1, 0.15) is 0 Å². The van der Waals surface area contributed by atoms with Gasteiger partial charge in [0.25, 0.3) is 0 Å². The number of nitrogens with one attached hydrogen (secondary N) is 1. The van der Waals surface area contributed by atoms with Crippen LogP contribution in [0.1, 0.15) is 30.4 Å². The van der Waals surface area contributed by atoms with Crippen molar-refractivity contribution in [1.29, 1.82) is 5.26 Å². The van der Waals surface area contributed by atoms with Gasteiger partial charge in [0.05, 0.1) is 18.1 Å². The zero-order valence-electron chi connectivity index (χ0n) is 11.7. The van der Waals surface area contributed by atoms with E-state index < -0.39 is 12.0 Å². The maximum absolute atomic E-state index is 11.7. The minimum Gasteiger partial charge on any atom is -0.481 e. The third-order valence-corrected chi connectivity index (χ3v) is 2.93. The van der Waals surface area contributed by atoms with Crippen LogP contribution in [0.3, 0.4) is 0 Å². The molecule has 0 spiro atoms. The smallest absolute Gasteiger partial charge is 0.305 e. The lowest BCUT2D eigenvalue weighted by Gasteiger charge is -2.17. The molecular weight excluding hydrogens is 268 g/mol. The summed E-state index contributed by atoms with van der Waals surface area (Å²) in [6.07, 6.45) is 2.78. The Balaban J connectivity index is 2.68. The van der Waals surface area contributed by atoms with E-state index in [0.717, 1.165) is 5.56 Å². The Hall–Kier alpha value is -2.61. The molecule has 1 amide bonds. The van der Waals surface area contributed by atoms with Gasteiger partial charge in [-0.25, -0.2) is 0 Å². The molecule has 1 aromatic rings. The van der Waals surface area contributed by atoms with Gasteiger partial charge in [0.15, 0.2) is 0 Å². The predicted molar refractivity (Wildman–Crippen MR) is 78.5 cm³/mol. The van der Waals surface area contributed by atoms with Crippen molar-refractivity contribution in [3.8, 4) is 6.07 Å². The third-order valence-electron chi connectivity index (χ3n) is 2.93. The molecule has 1 atom stereocenters. The third kappa shape index (κ3) is 6.39. The second-order valence-electron chi connectivity index (χ2n) is 4.70. The Kier molecular flexibility index (Phi) is 6.69. The SMILES string of the molecule is C=CCCC(=O)N[C@H](CC(=O)O)Cc1ccc(C#N)cc1. The van der Waals surface area contributed by atoms with Crippen molar-refractivity contribution >= 4 is 11.9 Å². The quantitative estimate of drug-likeness (QED) is 0.715. The lowest BCUT2D eigenvalue weighted by molar-refractivity contribution is -0.137. The number of nitrogens with zero attached hydrogens (tertiary/aromatic N) is 1. The molecule has 1 rings (SSSR count). The summed E-state index contributed by atoms with van der Waals surface area (Å²) in [6.45, 7) is 3.54. The second-order valence-corrected chi connectivity index (χ2v) is 4.70. The zero-order valence-corrected chi connectivity index (χ0v) is 11.7. The molecule has 2 N–H and O–H groups in total. The molecule has 0 aliphatic rings. The number of carbonyl (C=O) groups excluding carboxylic acids is 1. The standard InChI is InChI=1S/C16H18N2O3/c1-2-3-4-15(19)18-14(10-16(20)21)9-12-5-7-13(11-17)8-6-12/h2,5-8,14H,1,3-4,9-10H2,(H,18,19)(H,20,21)/t14-/m0/s1. The predicted octanol–water partition coefficient (Wildman–Crippen LogP) is 2.03. The van der Waals surface area contributed by atoms with Crippen molar-refractivity contribution in [2.24, 2.45) is 0 Å². The Labute approximate surface area is 123 Å². The molecular formula is C16H18N2O3. The van der Waals surface area contributed by atoms with Gasteiger partial charge in [-0.2, -0.15) is 5.26 Å². The monoisotopic (exact) mass is 286 g/mol. The first kappa shape index (κ1) is 16.4. The summed E-state index contributed by atoms with van der Waals surface area (Å²) in [4.78, 5) is 22.6. The number of aliphatic carboxylic acids is 1. The van der Waals surface area contributed by atoms with Crippen molar-refractivity contribution in [2.75, 3.05) is 0 Å². The summed E-state index contributed by atoms with van der Waals surface area (Å²) in [5, 5.41) is 20.4. The molecule has 0 saturated heterocycles. The van der Waals surface area contributed by atoms with Crippen LogP contribution in [0.4, 0.5) is 0 Å². The highest BCUT2D eigenvalue weighted by Crippen LogP contribution is 2.09. The average molecular weight is 286 g/mol. The highest BCUT2D eigenvalue weighted by Gasteiger charge is 2.16.